The maximum atomic E-state index is 12.9. The molecule has 0 fully saturated rings. The van der Waals surface area contributed by atoms with Crippen LogP contribution in [0.5, 0.6) is 0 Å². The molecule has 1 aromatic heterocycles. The van der Waals surface area contributed by atoms with Crippen molar-refractivity contribution in [3.63, 3.8) is 0 Å². The van der Waals surface area contributed by atoms with Crippen molar-refractivity contribution in [2.24, 2.45) is 5.92 Å². The third-order valence-electron chi connectivity index (χ3n) is 6.02. The van der Waals surface area contributed by atoms with Gasteiger partial charge in [0.15, 0.2) is 0 Å². The molecule has 1 N–H and O–H groups in total. The van der Waals surface area contributed by atoms with E-state index in [-0.39, 0.29) is 28.9 Å². The molecule has 3 rings (SSSR count). The molecule has 198 valence electrons. The van der Waals surface area contributed by atoms with Crippen molar-refractivity contribution in [3.05, 3.63) is 46.8 Å². The van der Waals surface area contributed by atoms with Crippen LogP contribution >= 0.6 is 0 Å². The van der Waals surface area contributed by atoms with Crippen molar-refractivity contribution in [1.29, 1.82) is 0 Å². The van der Waals surface area contributed by atoms with Crippen molar-refractivity contribution in [2.75, 3.05) is 40.5 Å². The number of sulfonamides is 1. The summed E-state index contributed by atoms with van der Waals surface area (Å²) in [6, 6.07) is 5.69. The average Bonchev–Trinajstić information content (AvgIpc) is 3.18. The number of hydrogen-bond donors (Lipinski definition) is 1. The minimum absolute atomic E-state index is 0.0378. The lowest BCUT2D eigenvalue weighted by atomic mass is 9.99. The van der Waals surface area contributed by atoms with Gasteiger partial charge in [0.1, 0.15) is 5.69 Å². The number of hydrogen-bond acceptors (Lipinski definition) is 7. The van der Waals surface area contributed by atoms with Crippen LogP contribution < -0.4 is 5.32 Å². The zero-order valence-electron chi connectivity index (χ0n) is 21.5. The molecule has 0 saturated carbocycles. The molecular weight excluding hydrogens is 484 g/mol. The minimum atomic E-state index is -3.57. The van der Waals surface area contributed by atoms with Gasteiger partial charge in [-0.1, -0.05) is 6.92 Å². The molecule has 11 heteroatoms. The molecule has 0 unspecified atom stereocenters. The molecule has 0 saturated heterocycles. The van der Waals surface area contributed by atoms with Crippen LogP contribution in [-0.4, -0.2) is 74.8 Å². The number of rotatable bonds is 8. The first-order chi connectivity index (χ1) is 17.1. The van der Waals surface area contributed by atoms with Crippen LogP contribution in [0.3, 0.4) is 0 Å². The Bertz CT molecular complexity index is 1160. The fourth-order valence-corrected chi connectivity index (χ4v) is 4.94. The van der Waals surface area contributed by atoms with Gasteiger partial charge < -0.3 is 14.8 Å². The molecule has 1 atom stereocenters. The van der Waals surface area contributed by atoms with Gasteiger partial charge in [0.2, 0.25) is 10.0 Å². The molecule has 36 heavy (non-hydrogen) atoms. The molecule has 2 heterocycles. The average molecular weight is 521 g/mol. The van der Waals surface area contributed by atoms with Crippen molar-refractivity contribution in [3.8, 4) is 0 Å². The highest BCUT2D eigenvalue weighted by Gasteiger charge is 2.24. The number of aromatic nitrogens is 2. The van der Waals surface area contributed by atoms with E-state index in [9.17, 15) is 18.0 Å². The number of ether oxygens (including phenoxy) is 2. The summed E-state index contributed by atoms with van der Waals surface area (Å²) < 4.78 is 38.4. The van der Waals surface area contributed by atoms with E-state index in [1.54, 1.807) is 4.68 Å². The first kappa shape index (κ1) is 27.8. The molecule has 0 spiro atoms. The lowest BCUT2D eigenvalue weighted by Crippen LogP contribution is -2.28. The smallest absolute Gasteiger partial charge is 0.338 e. The van der Waals surface area contributed by atoms with Crippen molar-refractivity contribution in [1.82, 2.24) is 19.4 Å². The Morgan fingerprint density at radius 3 is 2.58 bits per heavy atom. The quantitative estimate of drug-likeness (QED) is 0.530. The van der Waals surface area contributed by atoms with Crippen LogP contribution in [0.2, 0.25) is 0 Å². The molecular formula is C25H36N4O6S. The molecule has 10 nitrogen and oxygen atoms in total. The molecule has 1 aliphatic rings. The number of amides is 1. The van der Waals surface area contributed by atoms with E-state index >= 15 is 0 Å². The summed E-state index contributed by atoms with van der Waals surface area (Å²) >= 11 is 0. The van der Waals surface area contributed by atoms with E-state index in [4.69, 9.17) is 14.6 Å². The van der Waals surface area contributed by atoms with Crippen LogP contribution in [-0.2, 0) is 38.9 Å². The zero-order valence-corrected chi connectivity index (χ0v) is 22.3. The molecule has 1 aliphatic heterocycles. The highest BCUT2D eigenvalue weighted by molar-refractivity contribution is 7.89. The second-order valence-corrected chi connectivity index (χ2v) is 11.3. The Balaban J connectivity index is 1.67. The van der Waals surface area contributed by atoms with Crippen molar-refractivity contribution < 1.29 is 27.5 Å². The Hall–Kier alpha value is -2.76. The van der Waals surface area contributed by atoms with Crippen LogP contribution in [0.25, 0.3) is 0 Å². The third-order valence-corrected chi connectivity index (χ3v) is 7.85. The summed E-state index contributed by atoms with van der Waals surface area (Å²) in [5.41, 5.74) is 2.64. The number of fused-ring (bicyclic) bond motifs is 1. The first-order valence-electron chi connectivity index (χ1n) is 12.3. The van der Waals surface area contributed by atoms with Crippen molar-refractivity contribution in [2.45, 2.75) is 51.0 Å². The number of aryl methyl sites for hydroxylation is 1. The van der Waals surface area contributed by atoms with Gasteiger partial charge in [0.05, 0.1) is 22.8 Å². The number of esters is 1. The zero-order chi connectivity index (χ0) is 26.3. The standard InChI is InChI=1S/C25H36N4O6S/c1-5-29-23-21(8-6-14-34-15-7-13-26-24(23)30)22(27-29)16-18(2)17-35-25(31)19-9-11-20(12-10-19)36(32,33)28(3)4/h9-12,18H,5-8,13-17H2,1-4H3,(H,26,30)/t18-/m1/s1. The predicted molar refractivity (Wildman–Crippen MR) is 134 cm³/mol. The maximum absolute atomic E-state index is 12.9. The summed E-state index contributed by atoms with van der Waals surface area (Å²) in [6.07, 6.45) is 2.81. The van der Waals surface area contributed by atoms with E-state index < -0.39 is 16.0 Å². The lowest BCUT2D eigenvalue weighted by Gasteiger charge is -2.13. The van der Waals surface area contributed by atoms with Crippen LogP contribution in [0.1, 0.15) is 58.8 Å². The molecule has 1 amide bonds. The highest BCUT2D eigenvalue weighted by Crippen LogP contribution is 2.22. The molecule has 0 bridgehead atoms. The van der Waals surface area contributed by atoms with Gasteiger partial charge in [-0.3, -0.25) is 9.48 Å². The maximum Gasteiger partial charge on any atom is 0.338 e. The monoisotopic (exact) mass is 520 g/mol. The Labute approximate surface area is 213 Å². The number of nitrogens with zero attached hydrogens (tertiary/aromatic N) is 3. The molecule has 1 aromatic carbocycles. The van der Waals surface area contributed by atoms with Gasteiger partial charge >= 0.3 is 5.97 Å². The fraction of sp³-hybridized carbons (Fsp3) is 0.560. The topological polar surface area (TPSA) is 120 Å². The summed E-state index contributed by atoms with van der Waals surface area (Å²) in [5, 5.41) is 7.68. The Kier molecular flexibility index (Phi) is 9.63. The van der Waals surface area contributed by atoms with E-state index in [2.05, 4.69) is 5.32 Å². The van der Waals surface area contributed by atoms with E-state index in [1.165, 1.54) is 38.4 Å². The molecule has 0 radical (unpaired) electrons. The van der Waals surface area contributed by atoms with Gasteiger partial charge in [0, 0.05) is 46.0 Å². The Morgan fingerprint density at radius 1 is 1.22 bits per heavy atom. The number of carbonyl (C=O) groups excluding carboxylic acids is 2. The normalized spacial score (nSPS) is 16.1. The van der Waals surface area contributed by atoms with Crippen LogP contribution in [0.15, 0.2) is 29.2 Å². The Morgan fingerprint density at radius 2 is 1.92 bits per heavy atom. The summed E-state index contributed by atoms with van der Waals surface area (Å²) in [5.74, 6) is -0.680. The number of nitrogens with one attached hydrogen (secondary N) is 1. The second-order valence-electron chi connectivity index (χ2n) is 9.13. The SMILES string of the molecule is CCn1nc(C[C@@H](C)COC(=O)c2ccc(S(=O)(=O)N(C)C)cc2)c2c1C(=O)NCCCOCCC2. The number of benzene rings is 1. The minimum Gasteiger partial charge on any atom is -0.462 e. The summed E-state index contributed by atoms with van der Waals surface area (Å²) in [6.45, 7) is 6.47. The summed E-state index contributed by atoms with van der Waals surface area (Å²) in [7, 11) is -0.663. The predicted octanol–water partition coefficient (Wildman–Crippen LogP) is 2.27. The van der Waals surface area contributed by atoms with E-state index in [0.717, 1.165) is 28.4 Å². The van der Waals surface area contributed by atoms with Crippen LogP contribution in [0.4, 0.5) is 0 Å². The van der Waals surface area contributed by atoms with Gasteiger partial charge in [-0.15, -0.1) is 0 Å². The second kappa shape index (κ2) is 12.5. The third kappa shape index (κ3) is 6.71. The fourth-order valence-electron chi connectivity index (χ4n) is 4.04. The van der Waals surface area contributed by atoms with E-state index in [0.29, 0.717) is 44.8 Å². The van der Waals surface area contributed by atoms with Gasteiger partial charge in [-0.2, -0.15) is 5.10 Å². The molecule has 0 aliphatic carbocycles. The van der Waals surface area contributed by atoms with Gasteiger partial charge in [-0.25, -0.2) is 17.5 Å². The molecule has 2 aromatic rings. The highest BCUT2D eigenvalue weighted by atomic mass is 32.2. The lowest BCUT2D eigenvalue weighted by molar-refractivity contribution is 0.0448. The van der Waals surface area contributed by atoms with Crippen LogP contribution in [0, 0.1) is 5.92 Å². The van der Waals surface area contributed by atoms with Gasteiger partial charge in [-0.05, 0) is 62.8 Å². The summed E-state index contributed by atoms with van der Waals surface area (Å²) in [4.78, 5) is 25.5. The first-order valence-corrected chi connectivity index (χ1v) is 13.7. The number of carbonyl (C=O) groups is 2. The largest absolute Gasteiger partial charge is 0.462 e. The van der Waals surface area contributed by atoms with Gasteiger partial charge in [0.25, 0.3) is 5.91 Å². The van der Waals surface area contributed by atoms with Crippen molar-refractivity contribution >= 4 is 21.9 Å². The van der Waals surface area contributed by atoms with E-state index in [1.807, 2.05) is 13.8 Å².